The van der Waals surface area contributed by atoms with E-state index in [4.69, 9.17) is 4.52 Å². The maximum absolute atomic E-state index is 12.2. The number of amides is 3. The van der Waals surface area contributed by atoms with Gasteiger partial charge >= 0.3 is 6.03 Å². The zero-order valence-corrected chi connectivity index (χ0v) is 12.7. The van der Waals surface area contributed by atoms with Gasteiger partial charge in [-0.2, -0.15) is 0 Å². The molecule has 1 aliphatic heterocycles. The van der Waals surface area contributed by atoms with Crippen molar-refractivity contribution in [3.05, 3.63) is 17.0 Å². The maximum atomic E-state index is 12.2. The molecule has 7 nitrogen and oxygen atoms in total. The first-order valence-corrected chi connectivity index (χ1v) is 7.20. The van der Waals surface area contributed by atoms with Crippen molar-refractivity contribution in [1.82, 2.24) is 20.7 Å². The summed E-state index contributed by atoms with van der Waals surface area (Å²) in [6.07, 6.45) is 2.56. The summed E-state index contributed by atoms with van der Waals surface area (Å²) in [5.74, 6) is 0.603. The van der Waals surface area contributed by atoms with Gasteiger partial charge in [0.2, 0.25) is 5.91 Å². The lowest BCUT2D eigenvalue weighted by atomic mass is 10.1. The highest BCUT2D eigenvalue weighted by atomic mass is 16.5. The Balaban J connectivity index is 1.94. The van der Waals surface area contributed by atoms with Crippen LogP contribution >= 0.6 is 0 Å². The molecule has 3 amide bonds. The largest absolute Gasteiger partial charge is 0.361 e. The molecule has 1 aromatic rings. The van der Waals surface area contributed by atoms with Gasteiger partial charge in [0, 0.05) is 19.2 Å². The Kier molecular flexibility index (Phi) is 4.82. The first kappa shape index (κ1) is 15.3. The number of urea groups is 1. The second-order valence-corrected chi connectivity index (χ2v) is 5.45. The zero-order valence-electron chi connectivity index (χ0n) is 12.7. The van der Waals surface area contributed by atoms with Crippen LogP contribution in [0, 0.1) is 13.8 Å². The molecule has 1 aliphatic rings. The molecule has 0 unspecified atom stereocenters. The van der Waals surface area contributed by atoms with Crippen molar-refractivity contribution in [1.29, 1.82) is 0 Å². The summed E-state index contributed by atoms with van der Waals surface area (Å²) in [7, 11) is 1.69. The van der Waals surface area contributed by atoms with Crippen LogP contribution in [0.3, 0.4) is 0 Å². The number of carbonyl (C=O) groups is 2. The number of hydrogen-bond donors (Lipinski definition) is 2. The summed E-state index contributed by atoms with van der Waals surface area (Å²) in [5.41, 5.74) is 1.68. The lowest BCUT2D eigenvalue weighted by molar-refractivity contribution is -0.122. The molecule has 1 atom stereocenters. The summed E-state index contributed by atoms with van der Waals surface area (Å²) >= 11 is 0. The molecule has 0 aromatic carbocycles. The van der Waals surface area contributed by atoms with E-state index < -0.39 is 6.04 Å². The molecule has 2 heterocycles. The smallest absolute Gasteiger partial charge is 0.318 e. The second-order valence-electron chi connectivity index (χ2n) is 5.45. The minimum absolute atomic E-state index is 0.105. The summed E-state index contributed by atoms with van der Waals surface area (Å²) < 4.78 is 5.09. The van der Waals surface area contributed by atoms with E-state index in [-0.39, 0.29) is 11.9 Å². The third kappa shape index (κ3) is 3.74. The van der Waals surface area contributed by atoms with Crippen molar-refractivity contribution in [3.63, 3.8) is 0 Å². The molecule has 0 saturated carbocycles. The minimum Gasteiger partial charge on any atom is -0.361 e. The topological polar surface area (TPSA) is 87.5 Å². The van der Waals surface area contributed by atoms with Crippen LogP contribution < -0.4 is 10.6 Å². The molecule has 1 saturated heterocycles. The summed E-state index contributed by atoms with van der Waals surface area (Å²) in [4.78, 5) is 25.6. The number of aromatic nitrogens is 1. The van der Waals surface area contributed by atoms with Crippen LogP contribution in [0.15, 0.2) is 4.52 Å². The quantitative estimate of drug-likeness (QED) is 0.874. The Morgan fingerprint density at radius 1 is 1.48 bits per heavy atom. The normalized spacial score (nSPS) is 18.8. The van der Waals surface area contributed by atoms with Crippen LogP contribution in [0.2, 0.25) is 0 Å². The van der Waals surface area contributed by atoms with Gasteiger partial charge in [-0.25, -0.2) is 4.79 Å². The molecule has 7 heteroatoms. The van der Waals surface area contributed by atoms with Gasteiger partial charge < -0.3 is 20.1 Å². The average Bonchev–Trinajstić information content (AvgIpc) is 2.64. The molecular formula is C14H22N4O3. The van der Waals surface area contributed by atoms with Crippen LogP contribution in [-0.4, -0.2) is 41.6 Å². The van der Waals surface area contributed by atoms with E-state index in [0.29, 0.717) is 25.3 Å². The van der Waals surface area contributed by atoms with E-state index in [1.807, 2.05) is 13.8 Å². The number of nitrogens with zero attached hydrogens (tertiary/aromatic N) is 2. The molecule has 1 aromatic heterocycles. The molecule has 0 radical (unpaired) electrons. The molecule has 0 bridgehead atoms. The van der Waals surface area contributed by atoms with E-state index in [9.17, 15) is 9.59 Å². The molecule has 2 rings (SSSR count). The second kappa shape index (κ2) is 6.60. The van der Waals surface area contributed by atoms with Gasteiger partial charge in [0.1, 0.15) is 11.8 Å². The van der Waals surface area contributed by atoms with E-state index in [2.05, 4.69) is 15.8 Å². The SMILES string of the molecule is Cc1noc(C)c1CN(C)C(=O)N[C@H]1CCCCNC1=O. The van der Waals surface area contributed by atoms with Crippen molar-refractivity contribution in [3.8, 4) is 0 Å². The Hall–Kier alpha value is -2.05. The van der Waals surface area contributed by atoms with E-state index in [0.717, 1.165) is 24.1 Å². The van der Waals surface area contributed by atoms with Gasteiger partial charge in [0.25, 0.3) is 0 Å². The summed E-state index contributed by atoms with van der Waals surface area (Å²) in [6, 6.07) is -0.718. The Labute approximate surface area is 124 Å². The molecule has 1 fully saturated rings. The average molecular weight is 294 g/mol. The predicted molar refractivity (Wildman–Crippen MR) is 76.6 cm³/mol. The predicted octanol–water partition coefficient (Wildman–Crippen LogP) is 1.10. The highest BCUT2D eigenvalue weighted by Gasteiger charge is 2.24. The van der Waals surface area contributed by atoms with Crippen molar-refractivity contribution in [2.24, 2.45) is 0 Å². The maximum Gasteiger partial charge on any atom is 0.318 e. The molecular weight excluding hydrogens is 272 g/mol. The fourth-order valence-corrected chi connectivity index (χ4v) is 2.37. The Bertz CT molecular complexity index is 507. The van der Waals surface area contributed by atoms with Crippen molar-refractivity contribution < 1.29 is 14.1 Å². The number of rotatable bonds is 3. The van der Waals surface area contributed by atoms with Crippen LogP contribution in [0.1, 0.15) is 36.3 Å². The third-order valence-electron chi connectivity index (χ3n) is 3.76. The third-order valence-corrected chi connectivity index (χ3v) is 3.76. The van der Waals surface area contributed by atoms with E-state index in [1.165, 1.54) is 4.90 Å². The van der Waals surface area contributed by atoms with Crippen molar-refractivity contribution >= 4 is 11.9 Å². The molecule has 116 valence electrons. The summed E-state index contributed by atoms with van der Waals surface area (Å²) in [6.45, 7) is 4.75. The van der Waals surface area contributed by atoms with Gasteiger partial charge in [0.15, 0.2) is 0 Å². The lowest BCUT2D eigenvalue weighted by Crippen LogP contribution is -2.49. The Morgan fingerprint density at radius 2 is 2.24 bits per heavy atom. The zero-order chi connectivity index (χ0) is 15.4. The van der Waals surface area contributed by atoms with Crippen LogP contribution in [0.5, 0.6) is 0 Å². The molecule has 21 heavy (non-hydrogen) atoms. The van der Waals surface area contributed by atoms with Crippen molar-refractivity contribution in [2.75, 3.05) is 13.6 Å². The highest BCUT2D eigenvalue weighted by molar-refractivity contribution is 5.87. The number of hydrogen-bond acceptors (Lipinski definition) is 4. The monoisotopic (exact) mass is 294 g/mol. The highest BCUT2D eigenvalue weighted by Crippen LogP contribution is 2.14. The minimum atomic E-state index is -0.452. The molecule has 0 spiro atoms. The van der Waals surface area contributed by atoms with Gasteiger partial charge in [-0.1, -0.05) is 5.16 Å². The van der Waals surface area contributed by atoms with Gasteiger partial charge in [-0.15, -0.1) is 0 Å². The molecule has 0 aliphatic carbocycles. The van der Waals surface area contributed by atoms with Crippen LogP contribution in [0.4, 0.5) is 4.79 Å². The van der Waals surface area contributed by atoms with Crippen LogP contribution in [0.25, 0.3) is 0 Å². The van der Waals surface area contributed by atoms with Crippen LogP contribution in [-0.2, 0) is 11.3 Å². The standard InChI is InChI=1S/C14H22N4O3/c1-9-11(10(2)21-17-9)8-18(3)14(20)16-12-6-4-5-7-15-13(12)19/h12H,4-8H2,1-3H3,(H,15,19)(H,16,20)/t12-/m0/s1. The number of nitrogens with one attached hydrogen (secondary N) is 2. The van der Waals surface area contributed by atoms with Gasteiger partial charge in [-0.3, -0.25) is 4.79 Å². The first-order valence-electron chi connectivity index (χ1n) is 7.20. The Morgan fingerprint density at radius 3 is 2.90 bits per heavy atom. The fourth-order valence-electron chi connectivity index (χ4n) is 2.37. The van der Waals surface area contributed by atoms with Crippen molar-refractivity contribution in [2.45, 2.75) is 45.7 Å². The first-order chi connectivity index (χ1) is 9.99. The van der Waals surface area contributed by atoms with E-state index >= 15 is 0 Å². The lowest BCUT2D eigenvalue weighted by Gasteiger charge is -2.21. The number of carbonyl (C=O) groups excluding carboxylic acids is 2. The van der Waals surface area contributed by atoms with Gasteiger partial charge in [0.05, 0.1) is 12.2 Å². The van der Waals surface area contributed by atoms with E-state index in [1.54, 1.807) is 7.05 Å². The van der Waals surface area contributed by atoms with Gasteiger partial charge in [-0.05, 0) is 33.1 Å². The summed E-state index contributed by atoms with van der Waals surface area (Å²) in [5, 5.41) is 9.46. The number of aryl methyl sites for hydroxylation is 2. The fraction of sp³-hybridized carbons (Fsp3) is 0.643. The molecule has 2 N–H and O–H groups in total.